The van der Waals surface area contributed by atoms with Crippen LogP contribution in [0.2, 0.25) is 0 Å². The van der Waals surface area contributed by atoms with Crippen LogP contribution in [-0.4, -0.2) is 14.8 Å². The largest absolute Gasteiger partial charge is 0.319 e. The number of rotatable bonds is 1. The van der Waals surface area contributed by atoms with Gasteiger partial charge >= 0.3 is 0 Å². The lowest BCUT2D eigenvalue weighted by atomic mass is 10.1. The van der Waals surface area contributed by atoms with E-state index in [1.807, 2.05) is 0 Å². The van der Waals surface area contributed by atoms with Gasteiger partial charge in [-0.2, -0.15) is 5.10 Å². The zero-order chi connectivity index (χ0) is 12.9. The second kappa shape index (κ2) is 3.91. The number of halogens is 2. The van der Waals surface area contributed by atoms with Crippen molar-refractivity contribution in [3.63, 3.8) is 0 Å². The Morgan fingerprint density at radius 1 is 1.44 bits per heavy atom. The fourth-order valence-electron chi connectivity index (χ4n) is 2.15. The number of aromatic nitrogens is 3. The molecular weight excluding hydrogens is 301 g/mol. The van der Waals surface area contributed by atoms with Crippen molar-refractivity contribution in [1.82, 2.24) is 14.8 Å². The van der Waals surface area contributed by atoms with Crippen LogP contribution in [0.25, 0.3) is 21.8 Å². The van der Waals surface area contributed by atoms with Gasteiger partial charge in [-0.25, -0.2) is 4.39 Å². The first-order chi connectivity index (χ1) is 8.63. The van der Waals surface area contributed by atoms with Gasteiger partial charge in [-0.3, -0.25) is 9.48 Å². The van der Waals surface area contributed by atoms with Crippen molar-refractivity contribution in [2.75, 3.05) is 0 Å². The van der Waals surface area contributed by atoms with Crippen LogP contribution < -0.4 is 5.56 Å². The Hall–Kier alpha value is -1.69. The SMILES string of the molecule is Cn1ncc2c(=O)[nH]c3c(F)c(CBr)ccc3c21. The second-order valence-electron chi connectivity index (χ2n) is 4.08. The van der Waals surface area contributed by atoms with Crippen molar-refractivity contribution < 1.29 is 4.39 Å². The molecule has 3 aromatic rings. The zero-order valence-corrected chi connectivity index (χ0v) is 11.1. The molecule has 2 aromatic heterocycles. The van der Waals surface area contributed by atoms with E-state index in [0.717, 1.165) is 0 Å². The molecule has 0 saturated carbocycles. The van der Waals surface area contributed by atoms with E-state index >= 15 is 0 Å². The predicted octanol–water partition coefficient (Wildman–Crippen LogP) is 2.45. The Morgan fingerprint density at radius 2 is 2.22 bits per heavy atom. The van der Waals surface area contributed by atoms with E-state index in [9.17, 15) is 9.18 Å². The number of benzene rings is 1. The highest BCUT2D eigenvalue weighted by Crippen LogP contribution is 2.25. The summed E-state index contributed by atoms with van der Waals surface area (Å²) in [6.45, 7) is 0. The van der Waals surface area contributed by atoms with Crippen LogP contribution in [0.15, 0.2) is 23.1 Å². The molecule has 2 heterocycles. The number of aryl methyl sites for hydroxylation is 1. The topological polar surface area (TPSA) is 50.7 Å². The van der Waals surface area contributed by atoms with Gasteiger partial charge in [0, 0.05) is 23.3 Å². The number of fused-ring (bicyclic) bond motifs is 3. The fraction of sp³-hybridized carbons (Fsp3) is 0.167. The lowest BCUT2D eigenvalue weighted by Gasteiger charge is -2.05. The first-order valence-electron chi connectivity index (χ1n) is 5.34. The molecule has 0 aliphatic heterocycles. The summed E-state index contributed by atoms with van der Waals surface area (Å²) in [5, 5.41) is 5.57. The average Bonchev–Trinajstić information content (AvgIpc) is 2.74. The molecule has 0 aliphatic rings. The Kier molecular flexibility index (Phi) is 2.48. The molecule has 0 spiro atoms. The number of aromatic amines is 1. The molecule has 0 bridgehead atoms. The molecule has 3 rings (SSSR count). The molecule has 0 radical (unpaired) electrons. The molecule has 92 valence electrons. The Morgan fingerprint density at radius 3 is 2.94 bits per heavy atom. The summed E-state index contributed by atoms with van der Waals surface area (Å²) in [6, 6.07) is 3.51. The van der Waals surface area contributed by atoms with Gasteiger partial charge in [0.1, 0.15) is 0 Å². The smallest absolute Gasteiger partial charge is 0.259 e. The highest BCUT2D eigenvalue weighted by atomic mass is 79.9. The maximum Gasteiger partial charge on any atom is 0.259 e. The minimum absolute atomic E-state index is 0.230. The average molecular weight is 310 g/mol. The van der Waals surface area contributed by atoms with Gasteiger partial charge in [0.25, 0.3) is 5.56 Å². The normalized spacial score (nSPS) is 11.5. The van der Waals surface area contributed by atoms with E-state index in [0.29, 0.717) is 27.2 Å². The quantitative estimate of drug-likeness (QED) is 0.702. The summed E-state index contributed by atoms with van der Waals surface area (Å²) in [7, 11) is 1.73. The van der Waals surface area contributed by atoms with E-state index in [1.54, 1.807) is 23.9 Å². The maximum absolute atomic E-state index is 14.2. The fourth-order valence-corrected chi connectivity index (χ4v) is 2.58. The summed E-state index contributed by atoms with van der Waals surface area (Å²) in [6.07, 6.45) is 1.49. The molecular formula is C12H9BrFN3O. The first-order valence-corrected chi connectivity index (χ1v) is 6.46. The first kappa shape index (κ1) is 11.4. The van der Waals surface area contributed by atoms with Gasteiger partial charge < -0.3 is 4.98 Å². The van der Waals surface area contributed by atoms with Crippen molar-refractivity contribution in [2.45, 2.75) is 5.33 Å². The van der Waals surface area contributed by atoms with Crippen LogP contribution in [0, 0.1) is 5.82 Å². The van der Waals surface area contributed by atoms with E-state index in [-0.39, 0.29) is 11.1 Å². The van der Waals surface area contributed by atoms with Gasteiger partial charge in [0.05, 0.1) is 22.6 Å². The van der Waals surface area contributed by atoms with Gasteiger partial charge in [-0.1, -0.05) is 28.1 Å². The number of pyridine rings is 1. The standard InChI is InChI=1S/C12H9BrFN3O/c1-17-11-7-3-2-6(4-13)9(14)10(7)16-12(18)8(11)5-15-17/h2-3,5H,4H2,1H3,(H,16,18). The molecule has 1 aromatic carbocycles. The van der Waals surface area contributed by atoms with Crippen LogP contribution in [-0.2, 0) is 12.4 Å². The van der Waals surface area contributed by atoms with E-state index < -0.39 is 5.82 Å². The summed E-state index contributed by atoms with van der Waals surface area (Å²) < 4.78 is 15.8. The zero-order valence-electron chi connectivity index (χ0n) is 9.50. The molecule has 0 amide bonds. The number of alkyl halides is 1. The molecule has 18 heavy (non-hydrogen) atoms. The molecule has 0 saturated heterocycles. The van der Waals surface area contributed by atoms with E-state index in [4.69, 9.17) is 0 Å². The number of nitrogens with zero attached hydrogens (tertiary/aromatic N) is 2. The van der Waals surface area contributed by atoms with Crippen LogP contribution >= 0.6 is 15.9 Å². The summed E-state index contributed by atoms with van der Waals surface area (Å²) in [4.78, 5) is 14.5. The van der Waals surface area contributed by atoms with Crippen LogP contribution in [0.3, 0.4) is 0 Å². The van der Waals surface area contributed by atoms with Crippen LogP contribution in [0.5, 0.6) is 0 Å². The summed E-state index contributed by atoms with van der Waals surface area (Å²) in [5.41, 5.74) is 1.07. The van der Waals surface area contributed by atoms with Crippen molar-refractivity contribution in [1.29, 1.82) is 0 Å². The van der Waals surface area contributed by atoms with E-state index in [1.165, 1.54) is 6.20 Å². The highest BCUT2D eigenvalue weighted by molar-refractivity contribution is 9.08. The molecule has 1 N–H and O–H groups in total. The highest BCUT2D eigenvalue weighted by Gasteiger charge is 2.14. The molecule has 6 heteroatoms. The van der Waals surface area contributed by atoms with Gasteiger partial charge in [0.15, 0.2) is 5.82 Å². The minimum Gasteiger partial charge on any atom is -0.319 e. The third-order valence-corrected chi connectivity index (χ3v) is 3.65. The molecule has 0 fully saturated rings. The van der Waals surface area contributed by atoms with Crippen molar-refractivity contribution in [3.8, 4) is 0 Å². The lowest BCUT2D eigenvalue weighted by Crippen LogP contribution is -2.08. The third-order valence-electron chi connectivity index (χ3n) is 3.04. The molecule has 0 aliphatic carbocycles. The molecule has 0 atom stereocenters. The van der Waals surface area contributed by atoms with Gasteiger partial charge in [-0.05, 0) is 0 Å². The summed E-state index contributed by atoms with van der Waals surface area (Å²) >= 11 is 3.22. The van der Waals surface area contributed by atoms with Crippen LogP contribution in [0.1, 0.15) is 5.56 Å². The van der Waals surface area contributed by atoms with Gasteiger partial charge in [-0.15, -0.1) is 0 Å². The van der Waals surface area contributed by atoms with Gasteiger partial charge in [0.2, 0.25) is 0 Å². The van der Waals surface area contributed by atoms with Crippen molar-refractivity contribution >= 4 is 37.7 Å². The molecule has 4 nitrogen and oxygen atoms in total. The van der Waals surface area contributed by atoms with Crippen molar-refractivity contribution in [2.24, 2.45) is 7.05 Å². The number of hydrogen-bond donors (Lipinski definition) is 1. The van der Waals surface area contributed by atoms with Crippen molar-refractivity contribution in [3.05, 3.63) is 40.1 Å². The van der Waals surface area contributed by atoms with E-state index in [2.05, 4.69) is 26.0 Å². The minimum atomic E-state index is -0.399. The maximum atomic E-state index is 14.2. The Bertz CT molecular complexity index is 821. The lowest BCUT2D eigenvalue weighted by molar-refractivity contribution is 0.626. The monoisotopic (exact) mass is 309 g/mol. The molecule has 0 unspecified atom stereocenters. The second-order valence-corrected chi connectivity index (χ2v) is 4.64. The van der Waals surface area contributed by atoms with Crippen LogP contribution in [0.4, 0.5) is 4.39 Å². The Labute approximate surface area is 110 Å². The summed E-state index contributed by atoms with van der Waals surface area (Å²) in [5.74, 6) is -0.399. The Balaban J connectivity index is 2.61. The number of hydrogen-bond acceptors (Lipinski definition) is 2. The third kappa shape index (κ3) is 1.42. The number of H-pyrrole nitrogens is 1. The predicted molar refractivity (Wildman–Crippen MR) is 71.4 cm³/mol. The number of nitrogens with one attached hydrogen (secondary N) is 1.